The van der Waals surface area contributed by atoms with Gasteiger partial charge in [-0.15, -0.1) is 0 Å². The number of aryl methyl sites for hydroxylation is 1. The molecule has 0 spiro atoms. The summed E-state index contributed by atoms with van der Waals surface area (Å²) in [5.74, 6) is 0.198. The van der Waals surface area contributed by atoms with Crippen LogP contribution in [0.3, 0.4) is 0 Å². The van der Waals surface area contributed by atoms with E-state index in [1.54, 1.807) is 0 Å². The van der Waals surface area contributed by atoms with Crippen molar-refractivity contribution < 1.29 is 14.6 Å². The highest BCUT2D eigenvalue weighted by atomic mass is 16.5. The van der Waals surface area contributed by atoms with Crippen molar-refractivity contribution in [3.8, 4) is 5.75 Å². The molecule has 1 N–H and O–H groups in total. The molecule has 1 fully saturated rings. The SMILES string of the molecule is Cc1ccc2c(c1C1(C(=O)O)CC1)CCO2. The predicted molar refractivity (Wildman–Crippen MR) is 58.9 cm³/mol. The zero-order valence-electron chi connectivity index (χ0n) is 9.25. The van der Waals surface area contributed by atoms with Crippen molar-refractivity contribution in [2.45, 2.75) is 31.6 Å². The Morgan fingerprint density at radius 1 is 1.44 bits per heavy atom. The van der Waals surface area contributed by atoms with E-state index in [1.807, 2.05) is 19.1 Å². The maximum absolute atomic E-state index is 11.4. The van der Waals surface area contributed by atoms with Crippen LogP contribution >= 0.6 is 0 Å². The third kappa shape index (κ3) is 1.11. The molecule has 0 atom stereocenters. The van der Waals surface area contributed by atoms with Crippen LogP contribution in [0.5, 0.6) is 5.75 Å². The summed E-state index contributed by atoms with van der Waals surface area (Å²) in [6.45, 7) is 2.68. The molecule has 0 amide bonds. The van der Waals surface area contributed by atoms with Gasteiger partial charge in [-0.25, -0.2) is 0 Å². The molecule has 0 radical (unpaired) electrons. The van der Waals surface area contributed by atoms with Crippen molar-refractivity contribution in [1.29, 1.82) is 0 Å². The lowest BCUT2D eigenvalue weighted by atomic mass is 9.86. The molecule has 3 heteroatoms. The fraction of sp³-hybridized carbons (Fsp3) is 0.462. The quantitative estimate of drug-likeness (QED) is 0.826. The van der Waals surface area contributed by atoms with E-state index in [2.05, 4.69) is 0 Å². The van der Waals surface area contributed by atoms with Gasteiger partial charge in [-0.2, -0.15) is 0 Å². The predicted octanol–water partition coefficient (Wildman–Crippen LogP) is 2.05. The van der Waals surface area contributed by atoms with E-state index in [1.165, 1.54) is 0 Å². The monoisotopic (exact) mass is 218 g/mol. The minimum absolute atomic E-state index is 0.608. The lowest BCUT2D eigenvalue weighted by Gasteiger charge is -2.17. The number of aliphatic carboxylic acids is 1. The van der Waals surface area contributed by atoms with Crippen LogP contribution in [0.1, 0.15) is 29.5 Å². The minimum Gasteiger partial charge on any atom is -0.493 e. The first kappa shape index (κ1) is 9.70. The van der Waals surface area contributed by atoms with Crippen molar-refractivity contribution in [3.63, 3.8) is 0 Å². The van der Waals surface area contributed by atoms with Gasteiger partial charge in [0.1, 0.15) is 5.75 Å². The Balaban J connectivity index is 2.21. The highest BCUT2D eigenvalue weighted by Gasteiger charge is 2.54. The maximum atomic E-state index is 11.4. The van der Waals surface area contributed by atoms with Crippen LogP contribution in [0.2, 0.25) is 0 Å². The fourth-order valence-electron chi connectivity index (χ4n) is 2.75. The number of rotatable bonds is 2. The van der Waals surface area contributed by atoms with Crippen LogP contribution in [-0.4, -0.2) is 17.7 Å². The van der Waals surface area contributed by atoms with Crippen LogP contribution in [0, 0.1) is 6.92 Å². The summed E-state index contributed by atoms with van der Waals surface area (Å²) in [4.78, 5) is 11.4. The van der Waals surface area contributed by atoms with Gasteiger partial charge in [-0.1, -0.05) is 6.07 Å². The molecule has 84 valence electrons. The summed E-state index contributed by atoms with van der Waals surface area (Å²) < 4.78 is 5.50. The average Bonchev–Trinajstić information content (AvgIpc) is 2.90. The molecule has 0 saturated heterocycles. The third-order valence-corrected chi connectivity index (χ3v) is 3.73. The molecule has 1 aliphatic carbocycles. The first-order valence-corrected chi connectivity index (χ1v) is 5.64. The normalized spacial score (nSPS) is 20.1. The molecule has 1 saturated carbocycles. The van der Waals surface area contributed by atoms with Crippen LogP contribution in [0.25, 0.3) is 0 Å². The third-order valence-electron chi connectivity index (χ3n) is 3.73. The molecule has 0 unspecified atom stereocenters. The molecule has 1 aromatic carbocycles. The number of carboxylic acid groups (broad SMARTS) is 1. The van der Waals surface area contributed by atoms with E-state index < -0.39 is 11.4 Å². The second kappa shape index (κ2) is 3.00. The minimum atomic E-state index is -0.684. The topological polar surface area (TPSA) is 46.5 Å². The lowest BCUT2D eigenvalue weighted by molar-refractivity contribution is -0.140. The fourth-order valence-corrected chi connectivity index (χ4v) is 2.75. The first-order chi connectivity index (χ1) is 7.65. The molecular weight excluding hydrogens is 204 g/mol. The standard InChI is InChI=1S/C13H14O3/c1-8-2-3-10-9(4-7-16-10)11(8)13(5-6-13)12(14)15/h2-3H,4-7H2,1H3,(H,14,15). The summed E-state index contributed by atoms with van der Waals surface area (Å²) in [6.07, 6.45) is 2.38. The molecule has 3 nitrogen and oxygen atoms in total. The van der Waals surface area contributed by atoms with Crippen molar-refractivity contribution in [2.24, 2.45) is 0 Å². The number of ether oxygens (including phenoxy) is 1. The van der Waals surface area contributed by atoms with E-state index in [-0.39, 0.29) is 0 Å². The number of hydrogen-bond donors (Lipinski definition) is 1. The van der Waals surface area contributed by atoms with E-state index >= 15 is 0 Å². The van der Waals surface area contributed by atoms with E-state index in [0.29, 0.717) is 6.61 Å². The van der Waals surface area contributed by atoms with Crippen molar-refractivity contribution in [2.75, 3.05) is 6.61 Å². The second-order valence-electron chi connectivity index (χ2n) is 4.72. The van der Waals surface area contributed by atoms with Crippen LogP contribution in [-0.2, 0) is 16.6 Å². The molecule has 0 bridgehead atoms. The Kier molecular flexibility index (Phi) is 1.82. The molecule has 3 rings (SSSR count). The van der Waals surface area contributed by atoms with Crippen LogP contribution in [0.4, 0.5) is 0 Å². The largest absolute Gasteiger partial charge is 0.493 e. The Bertz CT molecular complexity index is 472. The number of fused-ring (bicyclic) bond motifs is 1. The van der Waals surface area contributed by atoms with Gasteiger partial charge in [0.25, 0.3) is 0 Å². The Hall–Kier alpha value is -1.51. The lowest BCUT2D eigenvalue weighted by Crippen LogP contribution is -2.22. The molecule has 1 aromatic rings. The van der Waals surface area contributed by atoms with E-state index in [4.69, 9.17) is 4.74 Å². The van der Waals surface area contributed by atoms with Crippen LogP contribution in [0.15, 0.2) is 12.1 Å². The Morgan fingerprint density at radius 2 is 2.19 bits per heavy atom. The average molecular weight is 218 g/mol. The van der Waals surface area contributed by atoms with Gasteiger partial charge in [0.15, 0.2) is 0 Å². The van der Waals surface area contributed by atoms with Crippen molar-refractivity contribution in [1.82, 2.24) is 0 Å². The van der Waals surface area contributed by atoms with E-state index in [9.17, 15) is 9.90 Å². The van der Waals surface area contributed by atoms with Crippen molar-refractivity contribution in [3.05, 3.63) is 28.8 Å². The summed E-state index contributed by atoms with van der Waals surface area (Å²) in [6, 6.07) is 3.93. The van der Waals surface area contributed by atoms with Gasteiger partial charge in [-0.05, 0) is 37.0 Å². The maximum Gasteiger partial charge on any atom is 0.314 e. The van der Waals surface area contributed by atoms with Gasteiger partial charge in [0.05, 0.1) is 12.0 Å². The summed E-state index contributed by atoms with van der Waals surface area (Å²) >= 11 is 0. The van der Waals surface area contributed by atoms with Gasteiger partial charge in [0.2, 0.25) is 0 Å². The number of carbonyl (C=O) groups is 1. The highest BCUT2D eigenvalue weighted by Crippen LogP contribution is 2.52. The molecule has 1 heterocycles. The summed E-state index contributed by atoms with van der Waals surface area (Å²) in [5, 5.41) is 9.37. The number of benzene rings is 1. The van der Waals surface area contributed by atoms with Gasteiger partial charge >= 0.3 is 5.97 Å². The second-order valence-corrected chi connectivity index (χ2v) is 4.72. The molecule has 16 heavy (non-hydrogen) atoms. The molecular formula is C13H14O3. The van der Waals surface area contributed by atoms with Crippen LogP contribution < -0.4 is 4.74 Å². The Labute approximate surface area is 94.0 Å². The molecule has 1 aliphatic heterocycles. The van der Waals surface area contributed by atoms with E-state index in [0.717, 1.165) is 41.7 Å². The summed E-state index contributed by atoms with van der Waals surface area (Å²) in [5.41, 5.74) is 2.63. The van der Waals surface area contributed by atoms with Gasteiger partial charge in [-0.3, -0.25) is 4.79 Å². The highest BCUT2D eigenvalue weighted by molar-refractivity contribution is 5.86. The summed E-state index contributed by atoms with van der Waals surface area (Å²) in [7, 11) is 0. The zero-order chi connectivity index (χ0) is 11.3. The van der Waals surface area contributed by atoms with Gasteiger partial charge in [0, 0.05) is 12.0 Å². The zero-order valence-corrected chi connectivity index (χ0v) is 9.25. The Morgan fingerprint density at radius 3 is 2.81 bits per heavy atom. The number of carboxylic acids is 1. The molecule has 2 aliphatic rings. The van der Waals surface area contributed by atoms with Crippen molar-refractivity contribution >= 4 is 5.97 Å². The first-order valence-electron chi connectivity index (χ1n) is 5.64. The molecule has 0 aromatic heterocycles. The number of hydrogen-bond acceptors (Lipinski definition) is 2. The van der Waals surface area contributed by atoms with Gasteiger partial charge < -0.3 is 9.84 Å². The smallest absolute Gasteiger partial charge is 0.314 e.